The lowest BCUT2D eigenvalue weighted by atomic mass is 9.61. The molecule has 5 nitrogen and oxygen atoms in total. The Labute approximate surface area is 335 Å². The van der Waals surface area contributed by atoms with Gasteiger partial charge in [-0.3, -0.25) is 4.57 Å². The zero-order chi connectivity index (χ0) is 38.0. The van der Waals surface area contributed by atoms with Crippen LogP contribution in [0.3, 0.4) is 0 Å². The largest absolute Gasteiger partial charge is 0.454 e. The summed E-state index contributed by atoms with van der Waals surface area (Å²) in [5.41, 5.74) is 13.3. The molecular formula is C53H36N4O. The molecule has 0 saturated heterocycles. The third-order valence-corrected chi connectivity index (χ3v) is 13.0. The molecule has 4 aliphatic rings. The average Bonchev–Trinajstić information content (AvgIpc) is 3.82. The predicted octanol–water partition coefficient (Wildman–Crippen LogP) is 12.8. The Bertz CT molecular complexity index is 3360. The molecule has 2 atom stereocenters. The summed E-state index contributed by atoms with van der Waals surface area (Å²) in [5.74, 6) is 2.38. The Morgan fingerprint density at radius 2 is 1.26 bits per heavy atom. The quantitative estimate of drug-likeness (QED) is 0.174. The monoisotopic (exact) mass is 744 g/mol. The van der Waals surface area contributed by atoms with E-state index in [0.717, 1.165) is 69.4 Å². The fraction of sp³-hybridized carbons (Fsp3) is 0.0943. The van der Waals surface area contributed by atoms with E-state index in [1.165, 1.54) is 49.8 Å². The van der Waals surface area contributed by atoms with E-state index < -0.39 is 5.41 Å². The van der Waals surface area contributed by atoms with Crippen molar-refractivity contribution in [1.82, 2.24) is 9.13 Å². The van der Waals surface area contributed by atoms with E-state index in [4.69, 9.17) is 14.7 Å². The molecular weight excluding hydrogens is 709 g/mol. The van der Waals surface area contributed by atoms with Gasteiger partial charge < -0.3 is 9.30 Å². The Morgan fingerprint density at radius 3 is 2.09 bits per heavy atom. The molecule has 2 unspecified atom stereocenters. The van der Waals surface area contributed by atoms with Gasteiger partial charge in [0.25, 0.3) is 0 Å². The Kier molecular flexibility index (Phi) is 6.54. The van der Waals surface area contributed by atoms with Crippen LogP contribution in [0.4, 0.5) is 0 Å². The number of allylic oxidation sites excluding steroid dienone is 4. The molecule has 9 aromatic rings. The molecule has 0 radical (unpaired) electrons. The van der Waals surface area contributed by atoms with Gasteiger partial charge in [0.05, 0.1) is 39.4 Å². The van der Waals surface area contributed by atoms with E-state index in [2.05, 4.69) is 185 Å². The van der Waals surface area contributed by atoms with Crippen LogP contribution in [0.15, 0.2) is 192 Å². The van der Waals surface area contributed by atoms with E-state index in [1.54, 1.807) is 0 Å². The molecule has 0 amide bonds. The first-order valence-electron chi connectivity index (χ1n) is 20.3. The van der Waals surface area contributed by atoms with Crippen molar-refractivity contribution in [1.29, 1.82) is 0 Å². The van der Waals surface area contributed by atoms with E-state index >= 15 is 0 Å². The molecule has 2 aromatic heterocycles. The molecule has 0 fully saturated rings. The minimum atomic E-state index is -0.686. The molecule has 1 aliphatic carbocycles. The fourth-order valence-electron chi connectivity index (χ4n) is 10.6. The lowest BCUT2D eigenvalue weighted by Gasteiger charge is -2.45. The van der Waals surface area contributed by atoms with E-state index in [1.807, 2.05) is 0 Å². The molecule has 1 spiro atoms. The van der Waals surface area contributed by atoms with Gasteiger partial charge in [-0.15, -0.1) is 0 Å². The molecule has 0 bridgehead atoms. The molecule has 58 heavy (non-hydrogen) atoms. The Balaban J connectivity index is 1.17. The van der Waals surface area contributed by atoms with Crippen LogP contribution in [0.2, 0.25) is 0 Å². The maximum atomic E-state index is 7.34. The highest BCUT2D eigenvalue weighted by Crippen LogP contribution is 2.61. The van der Waals surface area contributed by atoms with E-state index in [9.17, 15) is 0 Å². The zero-order valence-corrected chi connectivity index (χ0v) is 31.6. The summed E-state index contributed by atoms with van der Waals surface area (Å²) in [6.45, 7) is 0. The van der Waals surface area contributed by atoms with Gasteiger partial charge in [0.15, 0.2) is 5.75 Å². The number of rotatable bonds is 2. The van der Waals surface area contributed by atoms with Crippen molar-refractivity contribution in [2.75, 3.05) is 0 Å². The number of benzene rings is 7. The molecule has 3 aliphatic heterocycles. The van der Waals surface area contributed by atoms with Crippen molar-refractivity contribution in [2.45, 2.75) is 30.7 Å². The summed E-state index contributed by atoms with van der Waals surface area (Å²) in [7, 11) is 0. The van der Waals surface area contributed by atoms with Gasteiger partial charge in [-0.1, -0.05) is 152 Å². The van der Waals surface area contributed by atoms with Crippen LogP contribution in [0.25, 0.3) is 49.3 Å². The van der Waals surface area contributed by atoms with Gasteiger partial charge >= 0.3 is 0 Å². The number of aliphatic imine (C=N–C) groups is 2. The maximum absolute atomic E-state index is 7.34. The normalized spacial score (nSPS) is 19.1. The third-order valence-electron chi connectivity index (χ3n) is 13.0. The van der Waals surface area contributed by atoms with Crippen LogP contribution in [-0.4, -0.2) is 20.8 Å². The van der Waals surface area contributed by atoms with Crippen molar-refractivity contribution in [2.24, 2.45) is 9.98 Å². The van der Waals surface area contributed by atoms with Crippen molar-refractivity contribution < 1.29 is 4.74 Å². The third kappa shape index (κ3) is 4.15. The molecule has 0 saturated carbocycles. The second kappa shape index (κ2) is 11.9. The van der Waals surface area contributed by atoms with Crippen molar-refractivity contribution >= 4 is 55.3 Å². The van der Waals surface area contributed by atoms with Crippen molar-refractivity contribution in [3.63, 3.8) is 0 Å². The number of hydrogen-bond acceptors (Lipinski definition) is 3. The summed E-state index contributed by atoms with van der Waals surface area (Å²) in [6.07, 6.45) is 9.39. The van der Waals surface area contributed by atoms with Crippen LogP contribution in [-0.2, 0) is 5.41 Å². The van der Waals surface area contributed by atoms with Crippen LogP contribution in [0.1, 0.15) is 53.1 Å². The average molecular weight is 745 g/mol. The van der Waals surface area contributed by atoms with Crippen LogP contribution in [0.5, 0.6) is 11.5 Å². The number of hydrogen-bond donors (Lipinski definition) is 0. The van der Waals surface area contributed by atoms with Gasteiger partial charge in [0, 0.05) is 39.1 Å². The molecule has 13 rings (SSSR count). The lowest BCUT2D eigenvalue weighted by Crippen LogP contribution is -2.38. The number of para-hydroxylation sites is 5. The standard InChI is InChI=1S/C53H36N4O/c1-3-16-33(17-4-1)43-32-44(34-18-5-2-6-19-34)55-52(54-43)57-46-27-12-8-21-36(46)38-30-31-42-51(50(38)57)58-48-29-14-10-24-40(48)53(42)39-23-9-13-28-47(39)56-45-26-11-7-20-35(45)37-22-15-25-41(53)49(37)56/h1-5,7-18,20-31,43H,6,19,32H2. The smallest absolute Gasteiger partial charge is 0.230 e. The highest BCUT2D eigenvalue weighted by atomic mass is 16.5. The number of ether oxygens (including phenoxy) is 1. The summed E-state index contributed by atoms with van der Waals surface area (Å²) >= 11 is 0. The fourth-order valence-corrected chi connectivity index (χ4v) is 10.6. The zero-order valence-electron chi connectivity index (χ0n) is 31.6. The topological polar surface area (TPSA) is 43.8 Å². The summed E-state index contributed by atoms with van der Waals surface area (Å²) in [4.78, 5) is 11.1. The Hall–Kier alpha value is -7.24. The lowest BCUT2D eigenvalue weighted by molar-refractivity contribution is 0.438. The van der Waals surface area contributed by atoms with Crippen LogP contribution in [0, 0.1) is 0 Å². The highest BCUT2D eigenvalue weighted by Gasteiger charge is 2.51. The van der Waals surface area contributed by atoms with Crippen molar-refractivity contribution in [3.8, 4) is 17.2 Å². The minimum Gasteiger partial charge on any atom is -0.454 e. The maximum Gasteiger partial charge on any atom is 0.230 e. The Morgan fingerprint density at radius 1 is 0.569 bits per heavy atom. The number of fused-ring (bicyclic) bond motifs is 15. The van der Waals surface area contributed by atoms with Gasteiger partial charge in [-0.25, -0.2) is 9.98 Å². The van der Waals surface area contributed by atoms with Crippen LogP contribution >= 0.6 is 0 Å². The molecule has 5 heteroatoms. The van der Waals surface area contributed by atoms with Gasteiger partial charge in [0.2, 0.25) is 5.96 Å². The molecule has 5 heterocycles. The van der Waals surface area contributed by atoms with Crippen LogP contribution < -0.4 is 4.74 Å². The van der Waals surface area contributed by atoms with Crippen molar-refractivity contribution in [3.05, 3.63) is 209 Å². The summed E-state index contributed by atoms with van der Waals surface area (Å²) < 4.78 is 12.1. The van der Waals surface area contributed by atoms with Gasteiger partial charge in [-0.2, -0.15) is 0 Å². The SMILES string of the molecule is C1=CCCC(C2=NC(n3c4ccccc4c4ccc5c(c43)Oc3ccccc3C53c4ccccc4-n4c5ccccc5c5cccc3c54)=NC(c3ccccc3)C2)=C1. The van der Waals surface area contributed by atoms with Gasteiger partial charge in [-0.05, 0) is 59.4 Å². The first kappa shape index (κ1) is 31.9. The second-order valence-electron chi connectivity index (χ2n) is 15.9. The summed E-state index contributed by atoms with van der Waals surface area (Å²) in [6, 6.07) is 57.3. The molecule has 0 N–H and O–H groups in total. The number of aromatic nitrogens is 2. The molecule has 7 aromatic carbocycles. The van der Waals surface area contributed by atoms with Gasteiger partial charge in [0.1, 0.15) is 11.3 Å². The minimum absolute atomic E-state index is 0.0796. The summed E-state index contributed by atoms with van der Waals surface area (Å²) in [5, 5.41) is 4.76. The highest BCUT2D eigenvalue weighted by molar-refractivity contribution is 6.19. The first-order chi connectivity index (χ1) is 28.8. The van der Waals surface area contributed by atoms with E-state index in [-0.39, 0.29) is 6.04 Å². The number of nitrogens with zero attached hydrogens (tertiary/aromatic N) is 4. The first-order valence-corrected chi connectivity index (χ1v) is 20.3. The van der Waals surface area contributed by atoms with E-state index in [0.29, 0.717) is 5.96 Å². The molecule has 274 valence electrons. The predicted molar refractivity (Wildman–Crippen MR) is 236 cm³/mol. The second-order valence-corrected chi connectivity index (χ2v) is 15.9.